The predicted molar refractivity (Wildman–Crippen MR) is 59.1 cm³/mol. The molecular weight excluding hydrogens is 174 g/mol. The van der Waals surface area contributed by atoms with Crippen LogP contribution in [0.1, 0.15) is 26.7 Å². The van der Waals surface area contributed by atoms with Crippen LogP contribution in [0.3, 0.4) is 0 Å². The topological polar surface area (TPSA) is 50.9 Å². The van der Waals surface area contributed by atoms with Crippen LogP contribution in [-0.4, -0.2) is 10.5 Å². The number of nitrogens with one attached hydrogen (secondary N) is 1. The average molecular weight is 191 g/mol. The lowest BCUT2D eigenvalue weighted by Crippen LogP contribution is -2.33. The Labute approximate surface area is 84.7 Å². The zero-order valence-corrected chi connectivity index (χ0v) is 8.75. The fraction of sp³-hybridized carbons (Fsp3) is 0.545. The summed E-state index contributed by atoms with van der Waals surface area (Å²) < 4.78 is 0. The highest BCUT2D eigenvalue weighted by Gasteiger charge is 2.37. The minimum absolute atomic E-state index is 0.178. The molecule has 2 rings (SSSR count). The second-order valence-electron chi connectivity index (χ2n) is 4.59. The highest BCUT2D eigenvalue weighted by atomic mass is 15.0. The van der Waals surface area contributed by atoms with Gasteiger partial charge in [-0.15, -0.1) is 0 Å². The first-order chi connectivity index (χ1) is 6.58. The van der Waals surface area contributed by atoms with Gasteiger partial charge in [-0.3, -0.25) is 0 Å². The van der Waals surface area contributed by atoms with E-state index in [1.807, 2.05) is 12.1 Å². The molecule has 3 N–H and O–H groups in total. The number of anilines is 2. The van der Waals surface area contributed by atoms with Crippen molar-refractivity contribution in [2.45, 2.75) is 32.2 Å². The molecule has 76 valence electrons. The van der Waals surface area contributed by atoms with E-state index in [0.29, 0.717) is 5.82 Å². The number of rotatable bonds is 3. The summed E-state index contributed by atoms with van der Waals surface area (Å²) in [5.74, 6) is 1.37. The molecule has 0 bridgehead atoms. The van der Waals surface area contributed by atoms with Crippen LogP contribution >= 0.6 is 0 Å². The summed E-state index contributed by atoms with van der Waals surface area (Å²) in [6.07, 6.45) is 4.46. The van der Waals surface area contributed by atoms with Gasteiger partial charge in [0, 0.05) is 5.54 Å². The average Bonchev–Trinajstić information content (AvgIpc) is 2.91. The van der Waals surface area contributed by atoms with Crippen LogP contribution in [0.2, 0.25) is 0 Å². The standard InChI is InChI=1S/C11H17N3/c1-11(2,8-3-4-8)14-9-5-6-10(12)13-7-9/h5-8,14H,3-4H2,1-2H3,(H2,12,13). The molecule has 1 aromatic rings. The first kappa shape index (κ1) is 9.31. The summed E-state index contributed by atoms with van der Waals surface area (Å²) in [6, 6.07) is 3.80. The molecule has 1 heterocycles. The first-order valence-corrected chi connectivity index (χ1v) is 5.08. The molecule has 0 aliphatic heterocycles. The maximum atomic E-state index is 5.52. The number of nitrogen functional groups attached to an aromatic ring is 1. The Bertz CT molecular complexity index is 312. The zero-order valence-electron chi connectivity index (χ0n) is 8.75. The van der Waals surface area contributed by atoms with Crippen molar-refractivity contribution in [1.29, 1.82) is 0 Å². The lowest BCUT2D eigenvalue weighted by molar-refractivity contribution is 0.494. The van der Waals surface area contributed by atoms with Crippen molar-refractivity contribution in [2.24, 2.45) is 5.92 Å². The Hall–Kier alpha value is -1.25. The minimum Gasteiger partial charge on any atom is -0.384 e. The third-order valence-electron chi connectivity index (χ3n) is 2.85. The maximum absolute atomic E-state index is 5.52. The van der Waals surface area contributed by atoms with E-state index < -0.39 is 0 Å². The molecule has 3 nitrogen and oxygen atoms in total. The summed E-state index contributed by atoms with van der Waals surface area (Å²) in [5, 5.41) is 3.49. The van der Waals surface area contributed by atoms with E-state index in [2.05, 4.69) is 24.1 Å². The normalized spacial score (nSPS) is 16.7. The Morgan fingerprint density at radius 3 is 2.64 bits per heavy atom. The van der Waals surface area contributed by atoms with Crippen molar-refractivity contribution in [3.8, 4) is 0 Å². The van der Waals surface area contributed by atoms with Crippen molar-refractivity contribution >= 4 is 11.5 Å². The quantitative estimate of drug-likeness (QED) is 0.770. The molecule has 1 aromatic heterocycles. The molecule has 1 saturated carbocycles. The first-order valence-electron chi connectivity index (χ1n) is 5.08. The molecule has 0 unspecified atom stereocenters. The minimum atomic E-state index is 0.178. The molecule has 0 saturated heterocycles. The van der Waals surface area contributed by atoms with E-state index in [1.165, 1.54) is 12.8 Å². The highest BCUT2D eigenvalue weighted by Crippen LogP contribution is 2.40. The Kier molecular flexibility index (Phi) is 2.10. The van der Waals surface area contributed by atoms with Gasteiger partial charge in [0.25, 0.3) is 0 Å². The van der Waals surface area contributed by atoms with E-state index in [1.54, 1.807) is 6.20 Å². The summed E-state index contributed by atoms with van der Waals surface area (Å²) in [5.41, 5.74) is 6.75. The molecular formula is C11H17N3. The lowest BCUT2D eigenvalue weighted by atomic mass is 9.98. The summed E-state index contributed by atoms with van der Waals surface area (Å²) in [4.78, 5) is 4.06. The van der Waals surface area contributed by atoms with E-state index in [0.717, 1.165) is 11.6 Å². The van der Waals surface area contributed by atoms with Crippen molar-refractivity contribution in [3.05, 3.63) is 18.3 Å². The largest absolute Gasteiger partial charge is 0.384 e. The predicted octanol–water partition coefficient (Wildman–Crippen LogP) is 2.26. The lowest BCUT2D eigenvalue weighted by Gasteiger charge is -2.27. The molecule has 0 atom stereocenters. The third kappa shape index (κ3) is 1.97. The van der Waals surface area contributed by atoms with Gasteiger partial charge in [0.15, 0.2) is 0 Å². The van der Waals surface area contributed by atoms with Crippen LogP contribution in [0.4, 0.5) is 11.5 Å². The van der Waals surface area contributed by atoms with Crippen LogP contribution < -0.4 is 11.1 Å². The van der Waals surface area contributed by atoms with Gasteiger partial charge in [-0.25, -0.2) is 4.98 Å². The van der Waals surface area contributed by atoms with E-state index >= 15 is 0 Å². The van der Waals surface area contributed by atoms with Crippen LogP contribution in [0.15, 0.2) is 18.3 Å². The van der Waals surface area contributed by atoms with Crippen LogP contribution in [0.5, 0.6) is 0 Å². The second-order valence-corrected chi connectivity index (χ2v) is 4.59. The fourth-order valence-electron chi connectivity index (χ4n) is 1.76. The van der Waals surface area contributed by atoms with Crippen LogP contribution in [0, 0.1) is 5.92 Å². The Balaban J connectivity index is 2.06. The molecule has 14 heavy (non-hydrogen) atoms. The van der Waals surface area contributed by atoms with Crippen molar-refractivity contribution in [1.82, 2.24) is 4.98 Å². The van der Waals surface area contributed by atoms with Gasteiger partial charge in [0.1, 0.15) is 5.82 Å². The van der Waals surface area contributed by atoms with Gasteiger partial charge < -0.3 is 11.1 Å². The number of aromatic nitrogens is 1. The van der Waals surface area contributed by atoms with Crippen LogP contribution in [0.25, 0.3) is 0 Å². The second kappa shape index (κ2) is 3.15. The molecule has 0 aromatic carbocycles. The highest BCUT2D eigenvalue weighted by molar-refractivity contribution is 5.47. The Morgan fingerprint density at radius 1 is 1.43 bits per heavy atom. The number of pyridine rings is 1. The number of hydrogen-bond donors (Lipinski definition) is 2. The number of nitrogens with two attached hydrogens (primary N) is 1. The van der Waals surface area contributed by atoms with Gasteiger partial charge in [-0.2, -0.15) is 0 Å². The monoisotopic (exact) mass is 191 g/mol. The summed E-state index contributed by atoms with van der Waals surface area (Å²) in [7, 11) is 0. The van der Waals surface area contributed by atoms with Gasteiger partial charge >= 0.3 is 0 Å². The van der Waals surface area contributed by atoms with Gasteiger partial charge in [0.05, 0.1) is 11.9 Å². The molecule has 0 amide bonds. The zero-order chi connectivity index (χ0) is 10.2. The number of nitrogens with zero attached hydrogens (tertiary/aromatic N) is 1. The molecule has 1 aliphatic carbocycles. The number of hydrogen-bond acceptors (Lipinski definition) is 3. The third-order valence-corrected chi connectivity index (χ3v) is 2.85. The van der Waals surface area contributed by atoms with Gasteiger partial charge in [-0.1, -0.05) is 0 Å². The summed E-state index contributed by atoms with van der Waals surface area (Å²) in [6.45, 7) is 4.47. The molecule has 1 fully saturated rings. The van der Waals surface area contributed by atoms with E-state index in [-0.39, 0.29) is 5.54 Å². The van der Waals surface area contributed by atoms with Gasteiger partial charge in [-0.05, 0) is 44.7 Å². The van der Waals surface area contributed by atoms with E-state index in [4.69, 9.17) is 5.73 Å². The van der Waals surface area contributed by atoms with Crippen LogP contribution in [-0.2, 0) is 0 Å². The van der Waals surface area contributed by atoms with Crippen molar-refractivity contribution in [2.75, 3.05) is 11.1 Å². The summed E-state index contributed by atoms with van der Waals surface area (Å²) >= 11 is 0. The van der Waals surface area contributed by atoms with Crippen molar-refractivity contribution in [3.63, 3.8) is 0 Å². The van der Waals surface area contributed by atoms with Gasteiger partial charge in [0.2, 0.25) is 0 Å². The smallest absolute Gasteiger partial charge is 0.123 e. The molecule has 1 aliphatic rings. The molecule has 0 radical (unpaired) electrons. The molecule has 0 spiro atoms. The molecule has 3 heteroatoms. The fourth-order valence-corrected chi connectivity index (χ4v) is 1.76. The van der Waals surface area contributed by atoms with Crippen molar-refractivity contribution < 1.29 is 0 Å². The van der Waals surface area contributed by atoms with E-state index in [9.17, 15) is 0 Å². The maximum Gasteiger partial charge on any atom is 0.123 e. The SMILES string of the molecule is CC(C)(Nc1ccc(N)nc1)C1CC1. The Morgan fingerprint density at radius 2 is 2.14 bits per heavy atom.